The van der Waals surface area contributed by atoms with Gasteiger partial charge in [-0.2, -0.15) is 0 Å². The fourth-order valence-corrected chi connectivity index (χ4v) is 2.26. The SMILES string of the molecule is COc1ccc(/C=C/C(=O)NCCc2nnnn2C(C)C)cc1OC. The summed E-state index contributed by atoms with van der Waals surface area (Å²) in [5, 5.41) is 14.4. The average Bonchev–Trinajstić information content (AvgIpc) is 3.08. The third-order valence-electron chi connectivity index (χ3n) is 3.53. The maximum Gasteiger partial charge on any atom is 0.244 e. The molecule has 0 radical (unpaired) electrons. The minimum absolute atomic E-state index is 0.182. The van der Waals surface area contributed by atoms with Crippen molar-refractivity contribution in [1.82, 2.24) is 25.5 Å². The Labute approximate surface area is 146 Å². The Kier molecular flexibility index (Phi) is 6.50. The number of methoxy groups -OCH3 is 2. The zero-order valence-electron chi connectivity index (χ0n) is 14.9. The van der Waals surface area contributed by atoms with Crippen LogP contribution < -0.4 is 14.8 Å². The summed E-state index contributed by atoms with van der Waals surface area (Å²) >= 11 is 0. The van der Waals surface area contributed by atoms with Crippen molar-refractivity contribution in [3.8, 4) is 11.5 Å². The number of tetrazole rings is 1. The van der Waals surface area contributed by atoms with Crippen LogP contribution in [-0.4, -0.2) is 46.9 Å². The summed E-state index contributed by atoms with van der Waals surface area (Å²) in [4.78, 5) is 11.9. The molecule has 25 heavy (non-hydrogen) atoms. The lowest BCUT2D eigenvalue weighted by Crippen LogP contribution is -2.25. The van der Waals surface area contributed by atoms with Gasteiger partial charge in [-0.1, -0.05) is 6.07 Å². The summed E-state index contributed by atoms with van der Waals surface area (Å²) in [5.74, 6) is 1.83. The zero-order valence-corrected chi connectivity index (χ0v) is 14.9. The van der Waals surface area contributed by atoms with Crippen molar-refractivity contribution in [3.05, 3.63) is 35.7 Å². The monoisotopic (exact) mass is 345 g/mol. The van der Waals surface area contributed by atoms with Gasteiger partial charge in [0.15, 0.2) is 17.3 Å². The smallest absolute Gasteiger partial charge is 0.244 e. The highest BCUT2D eigenvalue weighted by Gasteiger charge is 2.09. The van der Waals surface area contributed by atoms with Crippen molar-refractivity contribution >= 4 is 12.0 Å². The predicted molar refractivity (Wildman–Crippen MR) is 93.5 cm³/mol. The van der Waals surface area contributed by atoms with E-state index in [4.69, 9.17) is 9.47 Å². The Morgan fingerprint density at radius 3 is 2.72 bits per heavy atom. The van der Waals surface area contributed by atoms with E-state index in [-0.39, 0.29) is 11.9 Å². The topological polar surface area (TPSA) is 91.2 Å². The first-order valence-corrected chi connectivity index (χ1v) is 7.99. The summed E-state index contributed by atoms with van der Waals surface area (Å²) in [6, 6.07) is 5.63. The van der Waals surface area contributed by atoms with Gasteiger partial charge in [-0.15, -0.1) is 5.10 Å². The average molecular weight is 345 g/mol. The van der Waals surface area contributed by atoms with E-state index in [1.807, 2.05) is 19.9 Å². The summed E-state index contributed by atoms with van der Waals surface area (Å²) in [5.41, 5.74) is 0.844. The van der Waals surface area contributed by atoms with E-state index >= 15 is 0 Å². The van der Waals surface area contributed by atoms with Crippen molar-refractivity contribution in [2.24, 2.45) is 0 Å². The highest BCUT2D eigenvalue weighted by Crippen LogP contribution is 2.27. The minimum atomic E-state index is -0.182. The fraction of sp³-hybridized carbons (Fsp3) is 0.412. The summed E-state index contributed by atoms with van der Waals surface area (Å²) in [6.45, 7) is 4.47. The van der Waals surface area contributed by atoms with Crippen LogP contribution in [0.5, 0.6) is 11.5 Å². The lowest BCUT2D eigenvalue weighted by atomic mass is 10.2. The van der Waals surface area contributed by atoms with E-state index in [9.17, 15) is 4.79 Å². The predicted octanol–water partition coefficient (Wildman–Crippen LogP) is 1.64. The van der Waals surface area contributed by atoms with Gasteiger partial charge in [0.2, 0.25) is 5.91 Å². The molecule has 134 valence electrons. The van der Waals surface area contributed by atoms with Crippen LogP contribution in [0, 0.1) is 0 Å². The van der Waals surface area contributed by atoms with E-state index in [1.54, 1.807) is 37.1 Å². The Bertz CT molecular complexity index is 740. The number of hydrogen-bond acceptors (Lipinski definition) is 6. The highest BCUT2D eigenvalue weighted by molar-refractivity contribution is 5.91. The van der Waals surface area contributed by atoms with Crippen LogP contribution in [0.4, 0.5) is 0 Å². The molecule has 0 saturated heterocycles. The molecule has 0 unspecified atom stereocenters. The fourth-order valence-electron chi connectivity index (χ4n) is 2.26. The van der Waals surface area contributed by atoms with Gasteiger partial charge in [0.1, 0.15) is 0 Å². The van der Waals surface area contributed by atoms with E-state index < -0.39 is 0 Å². The molecule has 2 rings (SSSR count). The molecule has 1 N–H and O–H groups in total. The van der Waals surface area contributed by atoms with Crippen molar-refractivity contribution in [3.63, 3.8) is 0 Å². The standard InChI is InChI=1S/C17H23N5O3/c1-12(2)22-16(19-20-21-22)9-10-18-17(23)8-6-13-5-7-14(24-3)15(11-13)25-4/h5-8,11-12H,9-10H2,1-4H3,(H,18,23)/b8-6+. The molecular weight excluding hydrogens is 322 g/mol. The molecule has 2 aromatic rings. The summed E-state index contributed by atoms with van der Waals surface area (Å²) in [7, 11) is 3.15. The Hall–Kier alpha value is -2.90. The van der Waals surface area contributed by atoms with Gasteiger partial charge >= 0.3 is 0 Å². The molecule has 1 aromatic heterocycles. The molecule has 1 amide bonds. The van der Waals surface area contributed by atoms with Crippen LogP contribution in [0.25, 0.3) is 6.08 Å². The van der Waals surface area contributed by atoms with Gasteiger partial charge in [0.25, 0.3) is 0 Å². The van der Waals surface area contributed by atoms with Gasteiger partial charge in [0, 0.05) is 19.0 Å². The molecule has 1 aromatic carbocycles. The number of ether oxygens (including phenoxy) is 2. The number of amides is 1. The number of rotatable bonds is 8. The Morgan fingerprint density at radius 1 is 1.28 bits per heavy atom. The molecule has 0 aliphatic carbocycles. The van der Waals surface area contributed by atoms with Crippen LogP contribution in [0.15, 0.2) is 24.3 Å². The minimum Gasteiger partial charge on any atom is -0.493 e. The van der Waals surface area contributed by atoms with Crippen LogP contribution in [-0.2, 0) is 11.2 Å². The number of carbonyl (C=O) groups excluding carboxylic acids is 1. The van der Waals surface area contributed by atoms with E-state index in [0.29, 0.717) is 24.5 Å². The second-order valence-electron chi connectivity index (χ2n) is 5.62. The molecule has 0 fully saturated rings. The molecule has 0 aliphatic rings. The van der Waals surface area contributed by atoms with Gasteiger partial charge in [0.05, 0.1) is 20.3 Å². The van der Waals surface area contributed by atoms with Gasteiger partial charge in [-0.25, -0.2) is 4.68 Å². The number of hydrogen-bond donors (Lipinski definition) is 1. The molecule has 8 heteroatoms. The van der Waals surface area contributed by atoms with Crippen molar-refractivity contribution in [2.75, 3.05) is 20.8 Å². The summed E-state index contributed by atoms with van der Waals surface area (Å²) < 4.78 is 12.2. The van der Waals surface area contributed by atoms with E-state index in [2.05, 4.69) is 20.8 Å². The molecular formula is C17H23N5O3. The van der Waals surface area contributed by atoms with Gasteiger partial charge in [-0.3, -0.25) is 4.79 Å². The maximum atomic E-state index is 11.9. The number of nitrogens with zero attached hydrogens (tertiary/aromatic N) is 4. The lowest BCUT2D eigenvalue weighted by molar-refractivity contribution is -0.116. The largest absolute Gasteiger partial charge is 0.493 e. The molecule has 0 aliphatic heterocycles. The first kappa shape index (κ1) is 18.4. The van der Waals surface area contributed by atoms with E-state index in [0.717, 1.165) is 11.4 Å². The molecule has 0 bridgehead atoms. The van der Waals surface area contributed by atoms with Crippen LogP contribution in [0.1, 0.15) is 31.3 Å². The zero-order chi connectivity index (χ0) is 18.2. The first-order chi connectivity index (χ1) is 12.0. The third kappa shape index (κ3) is 5.03. The third-order valence-corrected chi connectivity index (χ3v) is 3.53. The summed E-state index contributed by atoms with van der Waals surface area (Å²) in [6.07, 6.45) is 3.77. The van der Waals surface area contributed by atoms with Crippen LogP contribution in [0.2, 0.25) is 0 Å². The Morgan fingerprint density at radius 2 is 2.04 bits per heavy atom. The van der Waals surface area contributed by atoms with Gasteiger partial charge in [-0.05, 0) is 48.0 Å². The molecule has 1 heterocycles. The molecule has 0 saturated carbocycles. The quantitative estimate of drug-likeness (QED) is 0.732. The maximum absolute atomic E-state index is 11.9. The molecule has 0 atom stereocenters. The molecule has 8 nitrogen and oxygen atoms in total. The first-order valence-electron chi connectivity index (χ1n) is 7.99. The number of benzene rings is 1. The lowest BCUT2D eigenvalue weighted by Gasteiger charge is -2.08. The second kappa shape index (κ2) is 8.81. The van der Waals surface area contributed by atoms with Crippen LogP contribution >= 0.6 is 0 Å². The van der Waals surface area contributed by atoms with Crippen molar-refractivity contribution < 1.29 is 14.3 Å². The second-order valence-corrected chi connectivity index (χ2v) is 5.62. The van der Waals surface area contributed by atoms with E-state index in [1.165, 1.54) is 6.08 Å². The highest BCUT2D eigenvalue weighted by atomic mass is 16.5. The normalized spacial score (nSPS) is 11.1. The van der Waals surface area contributed by atoms with Crippen molar-refractivity contribution in [2.45, 2.75) is 26.3 Å². The van der Waals surface area contributed by atoms with Crippen LogP contribution in [0.3, 0.4) is 0 Å². The van der Waals surface area contributed by atoms with Gasteiger partial charge < -0.3 is 14.8 Å². The Balaban J connectivity index is 1.87. The number of carbonyl (C=O) groups is 1. The number of nitrogens with one attached hydrogen (secondary N) is 1. The number of aromatic nitrogens is 4. The molecule has 0 spiro atoms. The van der Waals surface area contributed by atoms with Crippen molar-refractivity contribution in [1.29, 1.82) is 0 Å².